The summed E-state index contributed by atoms with van der Waals surface area (Å²) in [6, 6.07) is 11.8. The third-order valence-corrected chi connectivity index (χ3v) is 18.5. The molecular weight excluding hydrogens is 1140 g/mol. The number of hydrogen-bond donors (Lipinski definition) is 5. The number of hydrogen-bond acceptors (Lipinski definition) is 19. The molecule has 26 heteroatoms. The number of anilines is 1. The Morgan fingerprint density at radius 1 is 0.901 bits per heavy atom. The molecule has 81 heavy (non-hydrogen) atoms. The number of amidine groups is 2. The molecule has 4 amide bonds. The minimum Gasteiger partial charge on any atom is -0.433 e. The average Bonchev–Trinajstić information content (AvgIpc) is 4.09. The first-order valence-electron chi connectivity index (χ1n) is 26.1. The van der Waals surface area contributed by atoms with E-state index in [-0.39, 0.29) is 89.7 Å². The summed E-state index contributed by atoms with van der Waals surface area (Å²) >= 11 is 9.21. The molecule has 0 spiro atoms. The Morgan fingerprint density at radius 2 is 1.54 bits per heavy atom. The molecule has 0 saturated carbocycles. The van der Waals surface area contributed by atoms with Gasteiger partial charge in [0.25, 0.3) is 0 Å². The molecule has 1 saturated heterocycles. The van der Waals surface area contributed by atoms with Gasteiger partial charge in [-0.15, -0.1) is 22.7 Å². The van der Waals surface area contributed by atoms with Crippen molar-refractivity contribution in [1.82, 2.24) is 25.8 Å². The van der Waals surface area contributed by atoms with E-state index in [9.17, 15) is 32.4 Å². The highest BCUT2D eigenvalue weighted by atomic mass is 35.5. The van der Waals surface area contributed by atoms with Crippen molar-refractivity contribution in [3.8, 4) is 10.4 Å². The number of nitrogens with zero attached hydrogens (tertiary/aromatic N) is 4. The lowest BCUT2D eigenvalue weighted by atomic mass is 9.85. The van der Waals surface area contributed by atoms with E-state index < -0.39 is 73.7 Å². The number of thiophene rings is 1. The minimum absolute atomic E-state index is 0.0224. The lowest BCUT2D eigenvalue weighted by Crippen LogP contribution is -2.58. The molecule has 2 aromatic heterocycles. The monoisotopic (exact) mass is 1210 g/mol. The summed E-state index contributed by atoms with van der Waals surface area (Å²) in [6.07, 6.45) is -1.22. The molecule has 6 rings (SSSR count). The molecule has 2 aromatic carbocycles. The van der Waals surface area contributed by atoms with Gasteiger partial charge in [0, 0.05) is 46.8 Å². The number of rotatable bonds is 25. The van der Waals surface area contributed by atoms with Gasteiger partial charge in [0.15, 0.2) is 8.87 Å². The Kier molecular flexibility index (Phi) is 22.6. The third kappa shape index (κ3) is 18.3. The largest absolute Gasteiger partial charge is 0.508 e. The summed E-state index contributed by atoms with van der Waals surface area (Å²) in [5, 5.41) is 27.5. The quantitative estimate of drug-likeness (QED) is 0.0142. The summed E-state index contributed by atoms with van der Waals surface area (Å²) < 4.78 is 50.5. The number of carbonyl (C=O) groups excluding carboxylic acids is 5. The van der Waals surface area contributed by atoms with Crippen LogP contribution in [0.1, 0.15) is 87.2 Å². The SMILES string of the molecule is CC(=N)N1C(=N)[C@H](CC(=O)NCCOCCOCCOCC(=O)N[C@H](C(=O)N2C[C@H](OC(=O)OCC(C)(C)SS(C)(=O)=O)C[C@H]2C(=O)NCc2ccc(-c3scnc3C)cc2)C(C)(C)C)N=C(c2ccc(Cl)cc2)c2c1sc(C)c2C. The number of ether oxygens (including phenoxy) is 5. The second kappa shape index (κ2) is 28.5. The van der Waals surface area contributed by atoms with E-state index in [2.05, 4.69) is 20.9 Å². The highest BCUT2D eigenvalue weighted by molar-refractivity contribution is 8.72. The zero-order valence-corrected chi connectivity index (χ0v) is 51.2. The lowest BCUT2D eigenvalue weighted by molar-refractivity contribution is -0.144. The fourth-order valence-corrected chi connectivity index (χ4v) is 14.6. The molecule has 1 fully saturated rings. The van der Waals surface area contributed by atoms with Crippen LogP contribution in [0.2, 0.25) is 5.02 Å². The van der Waals surface area contributed by atoms with Gasteiger partial charge >= 0.3 is 6.16 Å². The zero-order valence-electron chi connectivity index (χ0n) is 47.2. The van der Waals surface area contributed by atoms with Gasteiger partial charge in [0.1, 0.15) is 54.1 Å². The average molecular weight is 1210 g/mol. The molecule has 0 aliphatic carbocycles. The third-order valence-electron chi connectivity index (χ3n) is 12.9. The maximum absolute atomic E-state index is 14.5. The Balaban J connectivity index is 0.950. The van der Waals surface area contributed by atoms with Crippen LogP contribution in [0.15, 0.2) is 59.0 Å². The van der Waals surface area contributed by atoms with E-state index in [0.29, 0.717) is 26.5 Å². The molecule has 21 nitrogen and oxygen atoms in total. The van der Waals surface area contributed by atoms with E-state index in [4.69, 9.17) is 51.1 Å². The molecule has 0 unspecified atom stereocenters. The van der Waals surface area contributed by atoms with Gasteiger partial charge in [0.2, 0.25) is 23.6 Å². The molecule has 440 valence electrons. The van der Waals surface area contributed by atoms with Gasteiger partial charge < -0.3 is 44.5 Å². The number of aryl methyl sites for hydroxylation is 2. The smallest absolute Gasteiger partial charge is 0.433 e. The summed E-state index contributed by atoms with van der Waals surface area (Å²) in [5.41, 5.74) is 6.83. The molecule has 0 bridgehead atoms. The number of carbonyl (C=O) groups is 5. The number of benzene rings is 2. The Morgan fingerprint density at radius 3 is 2.16 bits per heavy atom. The van der Waals surface area contributed by atoms with Crippen LogP contribution >= 0.6 is 45.1 Å². The van der Waals surface area contributed by atoms with E-state index in [0.717, 1.165) is 49.5 Å². The normalized spacial score (nSPS) is 17.0. The highest BCUT2D eigenvalue weighted by Crippen LogP contribution is 2.40. The number of likely N-dealkylation sites (tertiary alicyclic amines) is 1. The fraction of sp³-hybridized carbons (Fsp3) is 0.509. The van der Waals surface area contributed by atoms with Gasteiger partial charge in [-0.25, -0.2) is 18.2 Å². The zero-order chi connectivity index (χ0) is 59.4. The molecule has 2 aliphatic heterocycles. The van der Waals surface area contributed by atoms with Crippen molar-refractivity contribution in [2.24, 2.45) is 10.4 Å². The van der Waals surface area contributed by atoms with E-state index >= 15 is 0 Å². The first kappa shape index (κ1) is 64.4. The number of nitrogens with one attached hydrogen (secondary N) is 5. The maximum atomic E-state index is 14.5. The summed E-state index contributed by atoms with van der Waals surface area (Å²) in [7, 11) is -2.83. The fourth-order valence-electron chi connectivity index (χ4n) is 8.89. The number of fused-ring (bicyclic) bond motifs is 1. The first-order chi connectivity index (χ1) is 38.1. The standard InChI is InChI=1S/C55H72ClN9O12S4/c1-32-34(3)79-52-45(32)46(37-15-17-39(56)18-16-37)62-41(49(58)65(52)35(4)57)26-43(66)59-19-20-73-21-22-74-23-24-75-29-44(67)63-48(54(5,6)7)51(69)64-28-40(77-53(70)76-30-55(8,9)80-81(10,71)72)25-42(64)50(68)60-27-36-11-13-38(14-12-36)47-33(2)61-31-78-47/h11-18,31,40-42,48,57-58H,19-30H2,1-10H3,(H,59,66)(H,60,68)(H,63,67)/t40-,41+,42+,48-/m1/s1. The van der Waals surface area contributed by atoms with Crippen molar-refractivity contribution in [1.29, 1.82) is 10.8 Å². The first-order valence-corrected chi connectivity index (χ1v) is 31.4. The number of aliphatic imine (C=N–C) groups is 1. The van der Waals surface area contributed by atoms with Crippen LogP contribution in [0, 0.1) is 37.0 Å². The predicted octanol–water partition coefficient (Wildman–Crippen LogP) is 7.45. The van der Waals surface area contributed by atoms with Crippen LogP contribution in [-0.4, -0.2) is 160 Å². The molecule has 4 heterocycles. The summed E-state index contributed by atoms with van der Waals surface area (Å²) in [4.78, 5) is 82.2. The van der Waals surface area contributed by atoms with Crippen molar-refractivity contribution < 1.29 is 56.1 Å². The van der Waals surface area contributed by atoms with Crippen LogP contribution in [0.3, 0.4) is 0 Å². The Hall–Kier alpha value is -5.80. The minimum atomic E-state index is -3.46. The predicted molar refractivity (Wildman–Crippen MR) is 317 cm³/mol. The van der Waals surface area contributed by atoms with Crippen LogP contribution in [0.4, 0.5) is 9.80 Å². The van der Waals surface area contributed by atoms with Gasteiger partial charge in [-0.05, 0) is 86.6 Å². The number of halogens is 1. The lowest BCUT2D eigenvalue weighted by Gasteiger charge is -2.35. The second-order valence-electron chi connectivity index (χ2n) is 21.2. The van der Waals surface area contributed by atoms with Gasteiger partial charge in [-0.2, -0.15) is 0 Å². The van der Waals surface area contributed by atoms with Crippen LogP contribution in [-0.2, 0) is 58.3 Å². The number of amides is 4. The maximum Gasteiger partial charge on any atom is 0.508 e. The van der Waals surface area contributed by atoms with E-state index in [1.807, 2.05) is 57.2 Å². The number of thiazole rings is 1. The van der Waals surface area contributed by atoms with Crippen molar-refractivity contribution in [3.05, 3.63) is 91.9 Å². The molecular formula is C55H72ClN9O12S4. The van der Waals surface area contributed by atoms with Crippen molar-refractivity contribution in [3.63, 3.8) is 0 Å². The second-order valence-corrected chi connectivity index (χ2v) is 28.7. The molecule has 4 aromatic rings. The van der Waals surface area contributed by atoms with Gasteiger partial charge in [-0.3, -0.25) is 39.9 Å². The molecule has 2 aliphatic rings. The molecule has 4 atom stereocenters. The van der Waals surface area contributed by atoms with Crippen molar-refractivity contribution in [2.45, 2.75) is 111 Å². The van der Waals surface area contributed by atoms with E-state index in [1.54, 1.807) is 64.1 Å². The van der Waals surface area contributed by atoms with Crippen LogP contribution < -0.4 is 20.9 Å². The van der Waals surface area contributed by atoms with Crippen LogP contribution in [0.5, 0.6) is 0 Å². The Bertz CT molecular complexity index is 3070. The van der Waals surface area contributed by atoms with Crippen molar-refractivity contribution in [2.75, 3.05) is 70.5 Å². The summed E-state index contributed by atoms with van der Waals surface area (Å²) in [5.74, 6) is -1.86. The van der Waals surface area contributed by atoms with Gasteiger partial charge in [0.05, 0.1) is 72.5 Å². The summed E-state index contributed by atoms with van der Waals surface area (Å²) in [6.45, 7) is 16.2. The topological polar surface area (TPSA) is 281 Å². The molecule has 5 N–H and O–H groups in total. The Labute approximate surface area is 489 Å². The number of aromatic nitrogens is 1. The van der Waals surface area contributed by atoms with Crippen LogP contribution in [0.25, 0.3) is 10.4 Å². The van der Waals surface area contributed by atoms with E-state index in [1.165, 1.54) is 27.6 Å². The highest BCUT2D eigenvalue weighted by Gasteiger charge is 2.46. The van der Waals surface area contributed by atoms with Gasteiger partial charge in [-0.1, -0.05) is 68.8 Å². The molecule has 0 radical (unpaired) electrons. The van der Waals surface area contributed by atoms with Crippen molar-refractivity contribution >= 4 is 106 Å².